The summed E-state index contributed by atoms with van der Waals surface area (Å²) in [7, 11) is -3.60. The van der Waals surface area contributed by atoms with Crippen molar-refractivity contribution in [3.8, 4) is 16.8 Å². The summed E-state index contributed by atoms with van der Waals surface area (Å²) in [6, 6.07) is 15.7. The van der Waals surface area contributed by atoms with Crippen molar-refractivity contribution in [2.45, 2.75) is 12.7 Å². The van der Waals surface area contributed by atoms with Gasteiger partial charge in [0.2, 0.25) is 10.0 Å². The average Bonchev–Trinajstić information content (AvgIpc) is 2.93. The highest BCUT2D eigenvalue weighted by Crippen LogP contribution is 2.32. The number of nitro benzene ring substituents is 1. The van der Waals surface area contributed by atoms with E-state index in [1.165, 1.54) is 22.6 Å². The third-order valence-corrected chi connectivity index (χ3v) is 8.76. The van der Waals surface area contributed by atoms with Crippen molar-refractivity contribution in [3.63, 3.8) is 0 Å². The van der Waals surface area contributed by atoms with Gasteiger partial charge in [0.15, 0.2) is 0 Å². The molecule has 1 aliphatic heterocycles. The Kier molecular flexibility index (Phi) is 7.65. The second kappa shape index (κ2) is 11.2. The Morgan fingerprint density at radius 1 is 0.951 bits per heavy atom. The third-order valence-electron chi connectivity index (χ3n) is 6.91. The van der Waals surface area contributed by atoms with Gasteiger partial charge in [-0.3, -0.25) is 14.9 Å². The molecule has 0 radical (unpaired) electrons. The van der Waals surface area contributed by atoms with E-state index in [-0.39, 0.29) is 54.4 Å². The van der Waals surface area contributed by atoms with Crippen LogP contribution in [0.15, 0.2) is 77.7 Å². The van der Waals surface area contributed by atoms with Crippen molar-refractivity contribution in [2.75, 3.05) is 31.1 Å². The zero-order valence-electron chi connectivity index (χ0n) is 21.9. The maximum atomic E-state index is 14.0. The predicted octanol–water partition coefficient (Wildman–Crippen LogP) is 4.05. The lowest BCUT2D eigenvalue weighted by molar-refractivity contribution is -0.385. The van der Waals surface area contributed by atoms with Crippen molar-refractivity contribution < 1.29 is 22.1 Å². The van der Waals surface area contributed by atoms with Crippen LogP contribution in [0.25, 0.3) is 16.8 Å². The molecule has 0 bridgehead atoms. The summed E-state index contributed by atoms with van der Waals surface area (Å²) in [5.41, 5.74) is 0.524. The molecule has 5 rings (SSSR count). The van der Waals surface area contributed by atoms with E-state index in [0.717, 1.165) is 16.8 Å². The molecule has 1 saturated heterocycles. The van der Waals surface area contributed by atoms with Crippen LogP contribution in [0.2, 0.25) is 0 Å². The predicted molar refractivity (Wildman–Crippen MR) is 149 cm³/mol. The van der Waals surface area contributed by atoms with Crippen molar-refractivity contribution >= 4 is 21.4 Å². The highest BCUT2D eigenvalue weighted by atomic mass is 32.2. The summed E-state index contributed by atoms with van der Waals surface area (Å²) in [5.74, 6) is -1.95. The van der Waals surface area contributed by atoms with Gasteiger partial charge in [-0.25, -0.2) is 17.2 Å². The number of nitrogens with zero attached hydrogens (tertiary/aromatic N) is 5. The quantitative estimate of drug-likeness (QED) is 0.239. The molecule has 0 saturated carbocycles. The van der Waals surface area contributed by atoms with E-state index >= 15 is 0 Å². The minimum atomic E-state index is -3.60. The van der Waals surface area contributed by atoms with Crippen LogP contribution in [0.4, 0.5) is 20.2 Å². The average molecular weight is 582 g/mol. The molecule has 1 fully saturated rings. The molecule has 1 aromatic heterocycles. The summed E-state index contributed by atoms with van der Waals surface area (Å²) < 4.78 is 56.3. The largest absolute Gasteiger partial charge is 0.367 e. The summed E-state index contributed by atoms with van der Waals surface area (Å²) in [6.45, 7) is 2.28. The van der Waals surface area contributed by atoms with Gasteiger partial charge >= 0.3 is 0 Å². The van der Waals surface area contributed by atoms with Gasteiger partial charge in [0.1, 0.15) is 11.6 Å². The summed E-state index contributed by atoms with van der Waals surface area (Å²) >= 11 is 0. The van der Waals surface area contributed by atoms with Gasteiger partial charge in [0.05, 0.1) is 33.8 Å². The van der Waals surface area contributed by atoms with Gasteiger partial charge in [0, 0.05) is 43.9 Å². The molecule has 0 amide bonds. The van der Waals surface area contributed by atoms with E-state index in [1.807, 2.05) is 6.07 Å². The number of hydrogen-bond acceptors (Lipinski definition) is 7. The number of halogens is 2. The molecule has 0 aliphatic carbocycles. The smallest absolute Gasteiger partial charge is 0.281 e. The van der Waals surface area contributed by atoms with Crippen LogP contribution in [0.3, 0.4) is 0 Å². The SMILES string of the molecule is Cc1ccc(-c2c(N3CCN(S(=O)(=O)Cc4ccccc4)CC3)cnn(-c3cc(F)cc(F)c3)c2=O)cc1[N+](=O)[O-]. The van der Waals surface area contributed by atoms with Crippen LogP contribution in [-0.4, -0.2) is 53.6 Å². The number of sulfonamides is 1. The summed E-state index contributed by atoms with van der Waals surface area (Å²) in [4.78, 5) is 26.7. The number of rotatable bonds is 7. The van der Waals surface area contributed by atoms with Gasteiger partial charge in [-0.15, -0.1) is 0 Å². The second-order valence-electron chi connectivity index (χ2n) is 9.64. The van der Waals surface area contributed by atoms with Crippen molar-refractivity contribution in [2.24, 2.45) is 0 Å². The van der Waals surface area contributed by atoms with Crippen LogP contribution < -0.4 is 10.5 Å². The first kappa shape index (κ1) is 28.1. The number of piperazine rings is 1. The molecular formula is C28H25F2N5O5S. The molecular weight excluding hydrogens is 556 g/mol. The fraction of sp³-hybridized carbons (Fsp3) is 0.214. The number of aryl methyl sites for hydroxylation is 1. The lowest BCUT2D eigenvalue weighted by Gasteiger charge is -2.36. The van der Waals surface area contributed by atoms with E-state index in [9.17, 15) is 32.1 Å². The van der Waals surface area contributed by atoms with Crippen molar-refractivity contribution in [1.29, 1.82) is 0 Å². The number of benzene rings is 3. The fourth-order valence-electron chi connectivity index (χ4n) is 4.85. The van der Waals surface area contributed by atoms with Crippen LogP contribution in [-0.2, 0) is 15.8 Å². The fourth-order valence-corrected chi connectivity index (χ4v) is 6.36. The zero-order valence-corrected chi connectivity index (χ0v) is 22.7. The van der Waals surface area contributed by atoms with Crippen LogP contribution in [0.5, 0.6) is 0 Å². The third kappa shape index (κ3) is 5.86. The van der Waals surface area contributed by atoms with Gasteiger partial charge in [-0.05, 0) is 30.2 Å². The minimum absolute atomic E-state index is 0.0355. The van der Waals surface area contributed by atoms with E-state index in [2.05, 4.69) is 5.10 Å². The van der Waals surface area contributed by atoms with Crippen molar-refractivity contribution in [3.05, 3.63) is 116 Å². The standard InChI is InChI=1S/C28H25F2N5O5S/c1-19-7-8-21(13-25(19)35(37)38)27-26(17-31-34(28(27)36)24-15-22(29)14-23(30)16-24)32-9-11-33(12-10-32)41(39,40)18-20-5-3-2-4-6-20/h2-8,13-17H,9-12,18H2,1H3. The monoisotopic (exact) mass is 581 g/mol. The first-order valence-corrected chi connectivity index (χ1v) is 14.3. The molecule has 4 aromatic rings. The van der Waals surface area contributed by atoms with E-state index in [4.69, 9.17) is 0 Å². The van der Waals surface area contributed by atoms with Crippen LogP contribution in [0, 0.1) is 28.7 Å². The number of aromatic nitrogens is 2. The zero-order chi connectivity index (χ0) is 29.3. The Bertz CT molecular complexity index is 1770. The Morgan fingerprint density at radius 2 is 1.61 bits per heavy atom. The molecule has 41 heavy (non-hydrogen) atoms. The molecule has 1 aliphatic rings. The van der Waals surface area contributed by atoms with Crippen molar-refractivity contribution in [1.82, 2.24) is 14.1 Å². The Balaban J connectivity index is 1.53. The maximum absolute atomic E-state index is 14.0. The molecule has 0 N–H and O–H groups in total. The van der Waals surface area contributed by atoms with Crippen LogP contribution >= 0.6 is 0 Å². The van der Waals surface area contributed by atoms with E-state index < -0.39 is 32.1 Å². The van der Waals surface area contributed by atoms with E-state index in [1.54, 1.807) is 42.2 Å². The molecule has 10 nitrogen and oxygen atoms in total. The molecule has 3 aromatic carbocycles. The first-order valence-electron chi connectivity index (χ1n) is 12.6. The molecule has 0 unspecified atom stereocenters. The molecule has 0 atom stereocenters. The topological polar surface area (TPSA) is 119 Å². The number of anilines is 1. The van der Waals surface area contributed by atoms with E-state index in [0.29, 0.717) is 22.9 Å². The molecule has 2 heterocycles. The molecule has 212 valence electrons. The van der Waals surface area contributed by atoms with Gasteiger partial charge < -0.3 is 4.90 Å². The normalized spacial score (nSPS) is 14.3. The summed E-state index contributed by atoms with van der Waals surface area (Å²) in [6.07, 6.45) is 1.35. The van der Waals surface area contributed by atoms with Crippen LogP contribution in [0.1, 0.15) is 11.1 Å². The highest BCUT2D eigenvalue weighted by Gasteiger charge is 2.30. The molecule has 0 spiro atoms. The minimum Gasteiger partial charge on any atom is -0.367 e. The highest BCUT2D eigenvalue weighted by molar-refractivity contribution is 7.88. The second-order valence-corrected chi connectivity index (χ2v) is 11.6. The lowest BCUT2D eigenvalue weighted by atomic mass is 10.0. The Hall–Kier alpha value is -4.49. The maximum Gasteiger partial charge on any atom is 0.281 e. The van der Waals surface area contributed by atoms with Gasteiger partial charge in [0.25, 0.3) is 11.2 Å². The van der Waals surface area contributed by atoms with Gasteiger partial charge in [-0.2, -0.15) is 14.1 Å². The first-order chi connectivity index (χ1) is 19.5. The summed E-state index contributed by atoms with van der Waals surface area (Å²) in [5, 5.41) is 15.8. The lowest BCUT2D eigenvalue weighted by Crippen LogP contribution is -2.49. The number of nitro groups is 1. The van der Waals surface area contributed by atoms with Gasteiger partial charge in [-0.1, -0.05) is 42.5 Å². The molecule has 13 heteroatoms. The Morgan fingerprint density at radius 3 is 2.24 bits per heavy atom. The number of hydrogen-bond donors (Lipinski definition) is 0. The Labute approximate surface area is 234 Å².